The van der Waals surface area contributed by atoms with Crippen molar-refractivity contribution >= 4 is 29.7 Å². The first-order chi connectivity index (χ1) is 14.6. The second-order valence-electron chi connectivity index (χ2n) is 8.99. The molecule has 3 heterocycles. The van der Waals surface area contributed by atoms with Crippen LogP contribution in [0.3, 0.4) is 0 Å². The SMILES string of the molecule is Cl.N[C@H]1CC[C@H](C(=O)N2CCC3(CC2)OCCc2cc(-c4ccccc4)sc23)C[C@@H]1O. The lowest BCUT2D eigenvalue weighted by Gasteiger charge is -2.44. The van der Waals surface area contributed by atoms with Crippen molar-refractivity contribution in [1.82, 2.24) is 4.90 Å². The highest BCUT2D eigenvalue weighted by Gasteiger charge is 2.44. The molecule has 3 aliphatic rings. The topological polar surface area (TPSA) is 75.8 Å². The van der Waals surface area contributed by atoms with Crippen molar-refractivity contribution in [2.24, 2.45) is 11.7 Å². The van der Waals surface area contributed by atoms with Crippen molar-refractivity contribution in [3.8, 4) is 10.4 Å². The van der Waals surface area contributed by atoms with Gasteiger partial charge in [0.25, 0.3) is 0 Å². The third-order valence-corrected chi connectivity index (χ3v) is 8.54. The summed E-state index contributed by atoms with van der Waals surface area (Å²) in [6.45, 7) is 2.18. The molecule has 2 aromatic rings. The summed E-state index contributed by atoms with van der Waals surface area (Å²) in [6, 6.07) is 12.7. The predicted molar refractivity (Wildman–Crippen MR) is 125 cm³/mol. The van der Waals surface area contributed by atoms with Crippen LogP contribution in [0, 0.1) is 5.92 Å². The van der Waals surface area contributed by atoms with Crippen LogP contribution in [0.5, 0.6) is 0 Å². The summed E-state index contributed by atoms with van der Waals surface area (Å²) in [6.07, 6.45) is 4.08. The van der Waals surface area contributed by atoms with Crippen molar-refractivity contribution < 1.29 is 14.6 Å². The van der Waals surface area contributed by atoms with Gasteiger partial charge in [0.05, 0.1) is 12.7 Å². The quantitative estimate of drug-likeness (QED) is 0.713. The highest BCUT2D eigenvalue weighted by Crippen LogP contribution is 2.47. The van der Waals surface area contributed by atoms with Crippen molar-refractivity contribution in [3.63, 3.8) is 0 Å². The van der Waals surface area contributed by atoms with Gasteiger partial charge in [0.15, 0.2) is 0 Å². The number of piperidine rings is 1. The molecule has 31 heavy (non-hydrogen) atoms. The summed E-state index contributed by atoms with van der Waals surface area (Å²) >= 11 is 1.86. The summed E-state index contributed by atoms with van der Waals surface area (Å²) < 4.78 is 6.40. The molecule has 5 nitrogen and oxygen atoms in total. The summed E-state index contributed by atoms with van der Waals surface area (Å²) in [4.78, 5) is 17.7. The van der Waals surface area contributed by atoms with Crippen LogP contribution in [0.15, 0.2) is 36.4 Å². The Balaban J connectivity index is 0.00000231. The van der Waals surface area contributed by atoms with E-state index < -0.39 is 6.10 Å². The molecular formula is C24H31ClN2O3S. The van der Waals surface area contributed by atoms with E-state index in [-0.39, 0.29) is 35.9 Å². The molecule has 2 aliphatic heterocycles. The smallest absolute Gasteiger partial charge is 0.225 e. The van der Waals surface area contributed by atoms with E-state index in [1.54, 1.807) is 0 Å². The van der Waals surface area contributed by atoms with Crippen LogP contribution in [0.2, 0.25) is 0 Å². The molecule has 0 bridgehead atoms. The summed E-state index contributed by atoms with van der Waals surface area (Å²) in [5, 5.41) is 10.1. The van der Waals surface area contributed by atoms with E-state index in [1.165, 1.54) is 20.9 Å². The second kappa shape index (κ2) is 9.20. The Hall–Kier alpha value is -1.44. The monoisotopic (exact) mass is 462 g/mol. The number of hydrogen-bond acceptors (Lipinski definition) is 5. The van der Waals surface area contributed by atoms with E-state index in [4.69, 9.17) is 10.5 Å². The van der Waals surface area contributed by atoms with Gasteiger partial charge in [0.1, 0.15) is 5.60 Å². The number of aliphatic hydroxyl groups is 1. The molecule has 7 heteroatoms. The van der Waals surface area contributed by atoms with E-state index in [0.29, 0.717) is 6.42 Å². The minimum absolute atomic E-state index is 0. The second-order valence-corrected chi connectivity index (χ2v) is 10.0. The lowest BCUT2D eigenvalue weighted by Crippen LogP contribution is -2.51. The molecule has 1 aliphatic carbocycles. The van der Waals surface area contributed by atoms with Crippen LogP contribution in [0.25, 0.3) is 10.4 Å². The number of likely N-dealkylation sites (tertiary alicyclic amines) is 1. The van der Waals surface area contributed by atoms with Gasteiger partial charge in [0.2, 0.25) is 5.91 Å². The minimum atomic E-state index is -0.560. The Morgan fingerprint density at radius 2 is 1.94 bits per heavy atom. The normalized spacial score (nSPS) is 27.4. The zero-order valence-electron chi connectivity index (χ0n) is 17.7. The molecule has 5 rings (SSSR count). The Bertz CT molecular complexity index is 911. The average Bonchev–Trinajstić information content (AvgIpc) is 3.23. The Morgan fingerprint density at radius 1 is 1.19 bits per heavy atom. The van der Waals surface area contributed by atoms with Crippen LogP contribution in [0.1, 0.15) is 42.5 Å². The fourth-order valence-electron chi connectivity index (χ4n) is 5.28. The van der Waals surface area contributed by atoms with Crippen molar-refractivity contribution in [2.75, 3.05) is 19.7 Å². The maximum atomic E-state index is 13.0. The Morgan fingerprint density at radius 3 is 2.65 bits per heavy atom. The van der Waals surface area contributed by atoms with E-state index in [0.717, 1.165) is 51.8 Å². The first-order valence-corrected chi connectivity index (χ1v) is 11.9. The Labute approximate surface area is 194 Å². The number of ether oxygens (including phenoxy) is 1. The van der Waals surface area contributed by atoms with Crippen LogP contribution in [-0.2, 0) is 21.6 Å². The predicted octanol–water partition coefficient (Wildman–Crippen LogP) is 3.72. The maximum absolute atomic E-state index is 13.0. The number of aliphatic hydroxyl groups excluding tert-OH is 1. The van der Waals surface area contributed by atoms with Gasteiger partial charge in [-0.2, -0.15) is 0 Å². The number of benzene rings is 1. The summed E-state index contributed by atoms with van der Waals surface area (Å²) in [7, 11) is 0. The molecule has 3 atom stereocenters. The van der Waals surface area contributed by atoms with Crippen molar-refractivity contribution in [3.05, 3.63) is 46.8 Å². The van der Waals surface area contributed by atoms with Gasteiger partial charge in [-0.15, -0.1) is 23.7 Å². The first-order valence-electron chi connectivity index (χ1n) is 11.1. The number of amides is 1. The molecule has 1 saturated heterocycles. The molecular weight excluding hydrogens is 432 g/mol. The van der Waals surface area contributed by atoms with Gasteiger partial charge in [-0.05, 0) is 55.7 Å². The van der Waals surface area contributed by atoms with Crippen molar-refractivity contribution in [2.45, 2.75) is 56.3 Å². The van der Waals surface area contributed by atoms with E-state index in [2.05, 4.69) is 30.3 Å². The number of carbonyl (C=O) groups is 1. The van der Waals surface area contributed by atoms with Gasteiger partial charge in [0, 0.05) is 34.8 Å². The number of thiophene rings is 1. The van der Waals surface area contributed by atoms with Gasteiger partial charge < -0.3 is 20.5 Å². The van der Waals surface area contributed by atoms with Gasteiger partial charge in [-0.1, -0.05) is 30.3 Å². The highest BCUT2D eigenvalue weighted by atomic mass is 35.5. The fraction of sp³-hybridized carbons (Fsp3) is 0.542. The van der Waals surface area contributed by atoms with Gasteiger partial charge in [-0.3, -0.25) is 4.79 Å². The number of carbonyl (C=O) groups excluding carboxylic acids is 1. The fourth-order valence-corrected chi connectivity index (χ4v) is 6.70. The van der Waals surface area contributed by atoms with E-state index in [9.17, 15) is 9.90 Å². The van der Waals surface area contributed by atoms with Crippen LogP contribution in [0.4, 0.5) is 0 Å². The summed E-state index contributed by atoms with van der Waals surface area (Å²) in [5.74, 6) is 0.0890. The number of nitrogens with two attached hydrogens (primary N) is 1. The molecule has 1 saturated carbocycles. The minimum Gasteiger partial charge on any atom is -0.391 e. The van der Waals surface area contributed by atoms with Crippen molar-refractivity contribution in [1.29, 1.82) is 0 Å². The van der Waals surface area contributed by atoms with E-state index >= 15 is 0 Å². The Kier molecular flexibility index (Phi) is 6.75. The standard InChI is InChI=1S/C24H30N2O3S.ClH/c25-19-7-6-18(14-20(19)27)23(28)26-11-9-24(10-12-26)22-17(8-13-29-24)15-21(30-22)16-4-2-1-3-5-16;/h1-5,15,18-20,27H,6-14,25H2;1H/t18-,19-,20-;/m0./s1. The molecule has 2 fully saturated rings. The lowest BCUT2D eigenvalue weighted by molar-refractivity contribution is -0.146. The molecule has 1 spiro atoms. The van der Waals surface area contributed by atoms with Gasteiger partial charge >= 0.3 is 0 Å². The van der Waals surface area contributed by atoms with Gasteiger partial charge in [-0.25, -0.2) is 0 Å². The lowest BCUT2D eigenvalue weighted by atomic mass is 9.81. The number of fused-ring (bicyclic) bond motifs is 2. The number of nitrogens with zero attached hydrogens (tertiary/aromatic N) is 1. The largest absolute Gasteiger partial charge is 0.391 e. The molecule has 1 aromatic carbocycles. The molecule has 1 amide bonds. The first kappa shape index (κ1) is 22.7. The molecule has 0 unspecified atom stereocenters. The molecule has 3 N–H and O–H groups in total. The zero-order chi connectivity index (χ0) is 20.7. The highest BCUT2D eigenvalue weighted by molar-refractivity contribution is 7.15. The third-order valence-electron chi connectivity index (χ3n) is 7.13. The summed E-state index contributed by atoms with van der Waals surface area (Å²) in [5.41, 5.74) is 8.33. The zero-order valence-corrected chi connectivity index (χ0v) is 19.3. The number of halogens is 1. The van der Waals surface area contributed by atoms with Crippen LogP contribution >= 0.6 is 23.7 Å². The molecule has 168 valence electrons. The third kappa shape index (κ3) is 4.29. The molecule has 1 aromatic heterocycles. The number of hydrogen-bond donors (Lipinski definition) is 2. The number of rotatable bonds is 2. The maximum Gasteiger partial charge on any atom is 0.225 e. The van der Waals surface area contributed by atoms with Crippen LogP contribution in [-0.4, -0.2) is 47.8 Å². The van der Waals surface area contributed by atoms with Crippen LogP contribution < -0.4 is 5.73 Å². The van der Waals surface area contributed by atoms with E-state index in [1.807, 2.05) is 22.3 Å². The average molecular weight is 463 g/mol. The molecule has 0 radical (unpaired) electrons.